The average Bonchev–Trinajstić information content (AvgIpc) is 2.15. The molecule has 0 bridgehead atoms. The summed E-state index contributed by atoms with van der Waals surface area (Å²) >= 11 is 0. The molecule has 0 heterocycles. The smallest absolute Gasteiger partial charge is 0.122 e. The quantitative estimate of drug-likeness (QED) is 0.292. The van der Waals surface area contributed by atoms with E-state index < -0.39 is 0 Å². The molecule has 3 nitrogen and oxygen atoms in total. The van der Waals surface area contributed by atoms with Gasteiger partial charge in [0.25, 0.3) is 0 Å². The molecule has 0 aromatic heterocycles. The van der Waals surface area contributed by atoms with E-state index in [0.717, 1.165) is 18.8 Å². The van der Waals surface area contributed by atoms with Gasteiger partial charge in [-0.25, -0.2) is 0 Å². The number of hydrogen-bond acceptors (Lipinski definition) is 2. The Bertz CT molecular complexity index is 207. The lowest BCUT2D eigenvalue weighted by Gasteiger charge is -2.36. The van der Waals surface area contributed by atoms with Crippen LogP contribution < -0.4 is 11.6 Å². The number of nitrogens with zero attached hydrogens (tertiary/aromatic N) is 1. The zero-order valence-corrected chi connectivity index (χ0v) is 9.59. The molecule has 1 saturated carbocycles. The Labute approximate surface area is 86.9 Å². The zero-order valence-electron chi connectivity index (χ0n) is 9.59. The Morgan fingerprint density at radius 2 is 1.64 bits per heavy atom. The number of amidine groups is 1. The van der Waals surface area contributed by atoms with Crippen molar-refractivity contribution in [3.8, 4) is 0 Å². The molecule has 1 aliphatic rings. The third-order valence-electron chi connectivity index (χ3n) is 3.52. The molecule has 0 unspecified atom stereocenters. The second kappa shape index (κ2) is 4.20. The molecule has 14 heavy (non-hydrogen) atoms. The Balaban J connectivity index is 2.47. The largest absolute Gasteiger partial charge is 0.386 e. The van der Waals surface area contributed by atoms with Gasteiger partial charge in [0.15, 0.2) is 0 Å². The molecule has 0 aliphatic heterocycles. The first-order chi connectivity index (χ1) is 6.45. The Hall–Kier alpha value is -0.730. The molecular formula is C11H23N3. The van der Waals surface area contributed by atoms with Crippen LogP contribution in [0.3, 0.4) is 0 Å². The van der Waals surface area contributed by atoms with Crippen LogP contribution in [-0.4, -0.2) is 5.84 Å². The Morgan fingerprint density at radius 1 is 1.14 bits per heavy atom. The maximum absolute atomic E-state index is 5.73. The monoisotopic (exact) mass is 197 g/mol. The summed E-state index contributed by atoms with van der Waals surface area (Å²) in [6.07, 6.45) is 4.80. The molecule has 0 saturated heterocycles. The van der Waals surface area contributed by atoms with E-state index >= 15 is 0 Å². The molecule has 0 amide bonds. The van der Waals surface area contributed by atoms with Crippen molar-refractivity contribution in [1.82, 2.24) is 0 Å². The maximum Gasteiger partial charge on any atom is 0.122 e. The minimum Gasteiger partial charge on any atom is -0.386 e. The molecule has 0 atom stereocenters. The highest BCUT2D eigenvalue weighted by atomic mass is 15.2. The molecule has 3 heteroatoms. The molecule has 1 rings (SSSR count). The molecular weight excluding hydrogens is 174 g/mol. The van der Waals surface area contributed by atoms with Gasteiger partial charge in [-0.15, -0.1) is 0 Å². The highest BCUT2D eigenvalue weighted by Crippen LogP contribution is 2.39. The molecule has 0 aromatic carbocycles. The summed E-state index contributed by atoms with van der Waals surface area (Å²) in [5.74, 6) is 7.08. The third-order valence-corrected chi connectivity index (χ3v) is 3.52. The van der Waals surface area contributed by atoms with E-state index in [9.17, 15) is 0 Å². The van der Waals surface area contributed by atoms with Gasteiger partial charge in [0.05, 0.1) is 0 Å². The summed E-state index contributed by atoms with van der Waals surface area (Å²) in [5.41, 5.74) is 6.16. The van der Waals surface area contributed by atoms with Crippen molar-refractivity contribution in [2.75, 3.05) is 0 Å². The van der Waals surface area contributed by atoms with Crippen LogP contribution >= 0.6 is 0 Å². The third kappa shape index (κ3) is 2.63. The molecule has 0 radical (unpaired) electrons. The average molecular weight is 197 g/mol. The highest BCUT2D eigenvalue weighted by Gasteiger charge is 2.30. The standard InChI is InChI=1S/C11H23N3/c1-11(2,3)9-6-4-8(5-7-9)10(12)14-13/h8-9H,4-7,13H2,1-3H3,(H2,12,14). The van der Waals surface area contributed by atoms with E-state index in [4.69, 9.17) is 11.6 Å². The number of hydrogen-bond donors (Lipinski definition) is 2. The number of nitrogens with two attached hydrogens (primary N) is 2. The van der Waals surface area contributed by atoms with Crippen LogP contribution in [0.15, 0.2) is 5.10 Å². The predicted molar refractivity (Wildman–Crippen MR) is 60.7 cm³/mol. The second-order valence-electron chi connectivity index (χ2n) is 5.47. The molecule has 4 N–H and O–H groups in total. The minimum absolute atomic E-state index is 0.429. The van der Waals surface area contributed by atoms with Crippen molar-refractivity contribution in [2.45, 2.75) is 46.5 Å². The molecule has 82 valence electrons. The van der Waals surface area contributed by atoms with Crippen molar-refractivity contribution >= 4 is 5.84 Å². The summed E-state index contributed by atoms with van der Waals surface area (Å²) in [6, 6.07) is 0. The first kappa shape index (κ1) is 11.3. The summed E-state index contributed by atoms with van der Waals surface area (Å²) in [5, 5.41) is 3.59. The van der Waals surface area contributed by atoms with Gasteiger partial charge in [0, 0.05) is 5.92 Å². The Kier molecular flexibility index (Phi) is 3.40. The van der Waals surface area contributed by atoms with Crippen molar-refractivity contribution in [3.05, 3.63) is 0 Å². The van der Waals surface area contributed by atoms with Crippen LogP contribution in [0.25, 0.3) is 0 Å². The van der Waals surface area contributed by atoms with Gasteiger partial charge < -0.3 is 11.6 Å². The topological polar surface area (TPSA) is 64.4 Å². The van der Waals surface area contributed by atoms with E-state index in [2.05, 4.69) is 25.9 Å². The van der Waals surface area contributed by atoms with Crippen LogP contribution in [0.5, 0.6) is 0 Å². The van der Waals surface area contributed by atoms with Gasteiger partial charge in [-0.1, -0.05) is 20.8 Å². The first-order valence-corrected chi connectivity index (χ1v) is 5.48. The van der Waals surface area contributed by atoms with E-state index in [-0.39, 0.29) is 0 Å². The van der Waals surface area contributed by atoms with Crippen LogP contribution in [0.4, 0.5) is 0 Å². The van der Waals surface area contributed by atoms with Crippen molar-refractivity contribution in [1.29, 1.82) is 0 Å². The van der Waals surface area contributed by atoms with Gasteiger partial charge in [-0.3, -0.25) is 0 Å². The van der Waals surface area contributed by atoms with E-state index in [1.165, 1.54) is 12.8 Å². The van der Waals surface area contributed by atoms with Gasteiger partial charge in [0.1, 0.15) is 5.84 Å². The fourth-order valence-electron chi connectivity index (χ4n) is 2.36. The lowest BCUT2D eigenvalue weighted by Crippen LogP contribution is -2.32. The SMILES string of the molecule is CC(C)(C)C1CCC(C(N)=NN)CC1. The zero-order chi connectivity index (χ0) is 10.8. The summed E-state index contributed by atoms with van der Waals surface area (Å²) in [6.45, 7) is 6.95. The molecule has 1 fully saturated rings. The minimum atomic E-state index is 0.429. The lowest BCUT2D eigenvalue weighted by molar-refractivity contribution is 0.166. The van der Waals surface area contributed by atoms with Gasteiger partial charge in [-0.05, 0) is 37.0 Å². The summed E-state index contributed by atoms with van der Waals surface area (Å²) in [7, 11) is 0. The lowest BCUT2D eigenvalue weighted by atomic mass is 9.69. The Morgan fingerprint density at radius 3 is 2.00 bits per heavy atom. The van der Waals surface area contributed by atoms with Crippen molar-refractivity contribution in [2.24, 2.45) is 33.9 Å². The van der Waals surface area contributed by atoms with Crippen LogP contribution in [0.2, 0.25) is 0 Å². The summed E-state index contributed by atoms with van der Waals surface area (Å²) < 4.78 is 0. The fourth-order valence-corrected chi connectivity index (χ4v) is 2.36. The van der Waals surface area contributed by atoms with Gasteiger partial charge in [0.2, 0.25) is 0 Å². The predicted octanol–water partition coefficient (Wildman–Crippen LogP) is 2.07. The van der Waals surface area contributed by atoms with Gasteiger partial charge in [-0.2, -0.15) is 5.10 Å². The van der Waals surface area contributed by atoms with E-state index in [1.54, 1.807) is 0 Å². The first-order valence-electron chi connectivity index (χ1n) is 5.48. The maximum atomic E-state index is 5.73. The number of hydrazone groups is 1. The van der Waals surface area contributed by atoms with Crippen LogP contribution in [0, 0.1) is 17.3 Å². The van der Waals surface area contributed by atoms with Crippen LogP contribution in [-0.2, 0) is 0 Å². The van der Waals surface area contributed by atoms with E-state index in [0.29, 0.717) is 17.2 Å². The fraction of sp³-hybridized carbons (Fsp3) is 0.909. The molecule has 1 aliphatic carbocycles. The van der Waals surface area contributed by atoms with Crippen molar-refractivity contribution in [3.63, 3.8) is 0 Å². The molecule has 0 spiro atoms. The second-order valence-corrected chi connectivity index (χ2v) is 5.47. The van der Waals surface area contributed by atoms with Crippen LogP contribution in [0.1, 0.15) is 46.5 Å². The normalized spacial score (nSPS) is 30.4. The number of rotatable bonds is 1. The van der Waals surface area contributed by atoms with Crippen molar-refractivity contribution < 1.29 is 0 Å². The summed E-state index contributed by atoms with van der Waals surface area (Å²) in [4.78, 5) is 0. The highest BCUT2D eigenvalue weighted by molar-refractivity contribution is 5.82. The van der Waals surface area contributed by atoms with E-state index in [1.807, 2.05) is 0 Å². The van der Waals surface area contributed by atoms with Gasteiger partial charge >= 0.3 is 0 Å². The molecule has 0 aromatic rings.